The number of ketones is 1. The van der Waals surface area contributed by atoms with Crippen molar-refractivity contribution in [3.63, 3.8) is 0 Å². The summed E-state index contributed by atoms with van der Waals surface area (Å²) in [4.78, 5) is 66.1. The number of methoxy groups -OCH3 is 1. The molecule has 14 nitrogen and oxygen atoms in total. The number of nitrogens with one attached hydrogen (secondary N) is 3. The van der Waals surface area contributed by atoms with Crippen LogP contribution in [0.15, 0.2) is 91.0 Å². The van der Waals surface area contributed by atoms with Crippen molar-refractivity contribution < 1.29 is 53.1 Å². The first-order valence-electron chi connectivity index (χ1n) is 22.6. The van der Waals surface area contributed by atoms with Crippen molar-refractivity contribution in [2.45, 2.75) is 97.9 Å². The molecule has 3 atom stereocenters. The van der Waals surface area contributed by atoms with Crippen LogP contribution in [-0.2, 0) is 51.4 Å². The third kappa shape index (κ3) is 12.3. The molecule has 0 saturated carbocycles. The van der Waals surface area contributed by atoms with Gasteiger partial charge in [-0.05, 0) is 108 Å². The number of amides is 3. The zero-order valence-electron chi connectivity index (χ0n) is 38.8. The molecule has 0 radical (unpaired) electrons. The van der Waals surface area contributed by atoms with E-state index in [1.807, 2.05) is 80.6 Å². The zero-order valence-corrected chi connectivity index (χ0v) is 38.8. The van der Waals surface area contributed by atoms with Crippen LogP contribution in [0.2, 0.25) is 0 Å². The Hall–Kier alpha value is -7.35. The van der Waals surface area contributed by atoms with Crippen molar-refractivity contribution in [3.05, 3.63) is 152 Å². The Balaban J connectivity index is 1.44. The summed E-state index contributed by atoms with van der Waals surface area (Å²) in [5.74, 6) is -1.19. The smallest absolute Gasteiger partial charge is 0.408 e. The lowest BCUT2D eigenvalue weighted by atomic mass is 9.89. The fourth-order valence-electron chi connectivity index (χ4n) is 7.94. The van der Waals surface area contributed by atoms with Gasteiger partial charge in [-0.15, -0.1) is 0 Å². The summed E-state index contributed by atoms with van der Waals surface area (Å²) in [5.41, 5.74) is 5.75. The maximum Gasteiger partial charge on any atom is 0.408 e. The predicted octanol–water partition coefficient (Wildman–Crippen LogP) is 7.65. The quantitative estimate of drug-likeness (QED) is 0.0472. The molecular formula is C53H59N3O11. The number of fused-ring (bicyclic) bond motifs is 8. The van der Waals surface area contributed by atoms with E-state index in [1.165, 1.54) is 21.0 Å². The minimum atomic E-state index is -1.03. The molecule has 0 aromatic heterocycles. The van der Waals surface area contributed by atoms with Gasteiger partial charge in [-0.25, -0.2) is 9.59 Å². The molecule has 0 aliphatic heterocycles. The lowest BCUT2D eigenvalue weighted by Gasteiger charge is -2.22. The van der Waals surface area contributed by atoms with Gasteiger partial charge in [-0.2, -0.15) is 0 Å². The number of phenols is 2. The van der Waals surface area contributed by atoms with Crippen LogP contribution in [0.25, 0.3) is 0 Å². The molecule has 5 N–H and O–H groups in total. The van der Waals surface area contributed by atoms with Gasteiger partial charge in [-0.3, -0.25) is 14.4 Å². The second-order valence-corrected chi connectivity index (χ2v) is 16.7. The molecule has 1 aliphatic rings. The normalized spacial score (nSPS) is 13.2. The molecule has 5 aromatic rings. The fourth-order valence-corrected chi connectivity index (χ4v) is 7.94. The highest BCUT2D eigenvalue weighted by molar-refractivity contribution is 6.02. The average molecular weight is 914 g/mol. The van der Waals surface area contributed by atoms with E-state index in [1.54, 1.807) is 31.2 Å². The number of benzene rings is 5. The molecule has 352 valence electrons. The van der Waals surface area contributed by atoms with Gasteiger partial charge in [0.15, 0.2) is 5.78 Å². The number of Topliss-reactive ketones (excluding diaryl/α,β-unsaturated/α-hetero) is 1. The largest absolute Gasteiger partial charge is 0.507 e. The van der Waals surface area contributed by atoms with Crippen LogP contribution in [0.5, 0.6) is 23.0 Å². The second kappa shape index (κ2) is 22.7. The van der Waals surface area contributed by atoms with Gasteiger partial charge in [0.05, 0.1) is 26.4 Å². The number of para-hydroxylation sites is 2. The van der Waals surface area contributed by atoms with E-state index in [0.29, 0.717) is 82.1 Å². The van der Waals surface area contributed by atoms with E-state index in [0.717, 1.165) is 5.56 Å². The van der Waals surface area contributed by atoms with Crippen molar-refractivity contribution >= 4 is 29.7 Å². The number of carbonyl (C=O) groups is 5. The Morgan fingerprint density at radius 3 is 1.48 bits per heavy atom. The molecule has 5 aromatic carbocycles. The SMILES string of the molecule is CCCOc1c2cccc1Cc1cc(C(=O)[C@H](C)NC(=O)OCc3ccccc3)cc(c1O)Cc1cccc(c1OCCC)Cc1cc(C(=O)N[C@@H](C)C(=O)N[C@@H](C)C(=O)OC)cc(c1O)C2. The number of hydrogen-bond donors (Lipinski definition) is 5. The number of rotatable bonds is 16. The van der Waals surface area contributed by atoms with Crippen LogP contribution in [0.4, 0.5) is 4.79 Å². The lowest BCUT2D eigenvalue weighted by Crippen LogP contribution is -2.49. The summed E-state index contributed by atoms with van der Waals surface area (Å²) >= 11 is 0. The topological polar surface area (TPSA) is 199 Å². The zero-order chi connectivity index (χ0) is 48.2. The number of alkyl carbamates (subject to hydrolysis) is 1. The average Bonchev–Trinajstić information content (AvgIpc) is 3.32. The van der Waals surface area contributed by atoms with Crippen molar-refractivity contribution in [1.29, 1.82) is 0 Å². The van der Waals surface area contributed by atoms with Gasteiger partial charge in [-0.1, -0.05) is 80.6 Å². The third-order valence-corrected chi connectivity index (χ3v) is 11.5. The van der Waals surface area contributed by atoms with E-state index in [9.17, 15) is 34.2 Å². The molecule has 0 fully saturated rings. The lowest BCUT2D eigenvalue weighted by molar-refractivity contribution is -0.144. The highest BCUT2D eigenvalue weighted by Crippen LogP contribution is 2.39. The molecule has 14 heteroatoms. The third-order valence-electron chi connectivity index (χ3n) is 11.5. The Kier molecular flexibility index (Phi) is 16.6. The molecule has 3 amide bonds. The summed E-state index contributed by atoms with van der Waals surface area (Å²) < 4.78 is 23.0. The Morgan fingerprint density at radius 2 is 1.03 bits per heavy atom. The molecule has 67 heavy (non-hydrogen) atoms. The molecule has 0 heterocycles. The van der Waals surface area contributed by atoms with E-state index in [4.69, 9.17) is 18.9 Å². The van der Waals surface area contributed by atoms with Gasteiger partial charge >= 0.3 is 12.1 Å². The summed E-state index contributed by atoms with van der Waals surface area (Å²) in [6.07, 6.45) is 1.14. The molecule has 0 unspecified atom stereocenters. The summed E-state index contributed by atoms with van der Waals surface area (Å²) in [7, 11) is 1.22. The minimum absolute atomic E-state index is 0.00796. The van der Waals surface area contributed by atoms with Crippen LogP contribution >= 0.6 is 0 Å². The van der Waals surface area contributed by atoms with E-state index < -0.39 is 42.0 Å². The number of aromatic hydroxyl groups is 2. The van der Waals surface area contributed by atoms with Crippen LogP contribution in [0.3, 0.4) is 0 Å². The highest BCUT2D eigenvalue weighted by Gasteiger charge is 2.27. The van der Waals surface area contributed by atoms with Crippen molar-refractivity contribution in [1.82, 2.24) is 16.0 Å². The van der Waals surface area contributed by atoms with E-state index in [2.05, 4.69) is 16.0 Å². The van der Waals surface area contributed by atoms with Crippen LogP contribution in [-0.4, -0.2) is 78.3 Å². The summed E-state index contributed by atoms with van der Waals surface area (Å²) in [6.45, 7) is 9.26. The number of hydrogen-bond acceptors (Lipinski definition) is 11. The standard InChI is InChI=1S/C53H59N3O11/c1-7-20-65-48-35-16-12-18-37(48)24-42-28-44(51(61)54-32(4)50(60)55-33(5)52(62)64-6)29-43(47(42)59)25-38-19-13-17-36(49(38)66-21-8-2)23-41-27-39(26-40(22-35)46(41)58)45(57)31(3)56-53(63)67-30-34-14-10-9-11-15-34/h9-19,26-29,31-33,58-59H,7-8,20-25,30H2,1-6H3,(H,54,61)(H,55,60)(H,56,63)/t31-,32-,33-/m0/s1. The monoisotopic (exact) mass is 913 g/mol. The summed E-state index contributed by atoms with van der Waals surface area (Å²) in [6, 6.07) is 23.9. The number of esters is 1. The van der Waals surface area contributed by atoms with Gasteiger partial charge in [0, 0.05) is 36.8 Å². The van der Waals surface area contributed by atoms with E-state index in [-0.39, 0.29) is 60.7 Å². The molecule has 1 aliphatic carbocycles. The van der Waals surface area contributed by atoms with E-state index >= 15 is 0 Å². The Morgan fingerprint density at radius 1 is 0.567 bits per heavy atom. The first-order chi connectivity index (χ1) is 32.2. The van der Waals surface area contributed by atoms with Crippen LogP contribution in [0.1, 0.15) is 118 Å². The first kappa shape index (κ1) is 49.1. The maximum atomic E-state index is 14.2. The van der Waals surface area contributed by atoms with Crippen LogP contribution < -0.4 is 25.4 Å². The maximum absolute atomic E-state index is 14.2. The molecule has 6 rings (SSSR count). The van der Waals surface area contributed by atoms with Gasteiger partial charge < -0.3 is 45.1 Å². The van der Waals surface area contributed by atoms with Gasteiger partial charge in [0.25, 0.3) is 5.91 Å². The molecular weight excluding hydrogens is 855 g/mol. The highest BCUT2D eigenvalue weighted by atomic mass is 16.5. The van der Waals surface area contributed by atoms with Gasteiger partial charge in [0.1, 0.15) is 41.7 Å². The molecule has 0 saturated heterocycles. The van der Waals surface area contributed by atoms with Crippen molar-refractivity contribution in [2.75, 3.05) is 20.3 Å². The Labute approximate surface area is 391 Å². The number of phenolic OH excluding ortho intramolecular Hbond substituents is 2. The Bertz CT molecular complexity index is 2510. The first-order valence-corrected chi connectivity index (χ1v) is 22.6. The summed E-state index contributed by atoms with van der Waals surface area (Å²) in [5, 5.41) is 32.2. The predicted molar refractivity (Wildman–Crippen MR) is 252 cm³/mol. The minimum Gasteiger partial charge on any atom is -0.507 e. The van der Waals surface area contributed by atoms with Crippen molar-refractivity contribution in [2.24, 2.45) is 0 Å². The fraction of sp³-hybridized carbons (Fsp3) is 0.340. The van der Waals surface area contributed by atoms with Gasteiger partial charge in [0.2, 0.25) is 5.91 Å². The second-order valence-electron chi connectivity index (χ2n) is 16.7. The molecule has 8 bridgehead atoms. The number of carbonyl (C=O) groups excluding carboxylic acids is 5. The van der Waals surface area contributed by atoms with Crippen LogP contribution in [0, 0.1) is 0 Å². The number of ether oxygens (including phenoxy) is 4. The van der Waals surface area contributed by atoms with Crippen molar-refractivity contribution in [3.8, 4) is 23.0 Å². The molecule has 0 spiro atoms.